The van der Waals surface area contributed by atoms with E-state index in [1.165, 1.54) is 11.3 Å². The quantitative estimate of drug-likeness (QED) is 0.599. The first-order valence-electron chi connectivity index (χ1n) is 4.90. The lowest BCUT2D eigenvalue weighted by Crippen LogP contribution is -2.23. The van der Waals surface area contributed by atoms with Gasteiger partial charge in [0.2, 0.25) is 5.91 Å². The van der Waals surface area contributed by atoms with E-state index in [0.29, 0.717) is 25.9 Å². The molecule has 0 aromatic carbocycles. The predicted molar refractivity (Wildman–Crippen MR) is 60.6 cm³/mol. The van der Waals surface area contributed by atoms with Gasteiger partial charge in [-0.05, 0) is 24.4 Å². The average Bonchev–Trinajstić information content (AvgIpc) is 2.69. The largest absolute Gasteiger partial charge is 0.386 e. The number of aliphatic hydroxyl groups excluding tert-OH is 1. The van der Waals surface area contributed by atoms with Crippen LogP contribution < -0.4 is 11.1 Å². The van der Waals surface area contributed by atoms with Crippen LogP contribution in [0.4, 0.5) is 0 Å². The summed E-state index contributed by atoms with van der Waals surface area (Å²) >= 11 is 1.54. The molecule has 1 aromatic heterocycles. The Morgan fingerprint density at radius 2 is 2.47 bits per heavy atom. The summed E-state index contributed by atoms with van der Waals surface area (Å²) in [7, 11) is 0. The molecule has 0 spiro atoms. The molecule has 0 saturated heterocycles. The number of nitrogens with one attached hydrogen (secondary N) is 1. The number of aliphatic hydroxyl groups is 1. The molecule has 1 heterocycles. The molecule has 0 aliphatic heterocycles. The molecule has 0 bridgehead atoms. The first kappa shape index (κ1) is 12.2. The number of primary amides is 1. The molecule has 0 saturated carbocycles. The highest BCUT2D eigenvalue weighted by molar-refractivity contribution is 7.10. The zero-order valence-electron chi connectivity index (χ0n) is 8.48. The van der Waals surface area contributed by atoms with E-state index in [4.69, 9.17) is 5.73 Å². The fraction of sp³-hybridized carbons (Fsp3) is 0.500. The van der Waals surface area contributed by atoms with Crippen molar-refractivity contribution in [1.82, 2.24) is 5.32 Å². The van der Waals surface area contributed by atoms with Gasteiger partial charge in [0.05, 0.1) is 0 Å². The lowest BCUT2D eigenvalue weighted by molar-refractivity contribution is -0.118. The molecule has 1 atom stereocenters. The van der Waals surface area contributed by atoms with Crippen LogP contribution in [0.15, 0.2) is 17.5 Å². The minimum atomic E-state index is -0.460. The van der Waals surface area contributed by atoms with E-state index in [9.17, 15) is 9.90 Å². The normalized spacial score (nSPS) is 12.6. The van der Waals surface area contributed by atoms with E-state index >= 15 is 0 Å². The Morgan fingerprint density at radius 3 is 3.07 bits per heavy atom. The van der Waals surface area contributed by atoms with Crippen LogP contribution in [0.5, 0.6) is 0 Å². The zero-order chi connectivity index (χ0) is 11.1. The van der Waals surface area contributed by atoms with Crippen LogP contribution in [0, 0.1) is 0 Å². The summed E-state index contributed by atoms with van der Waals surface area (Å²) < 4.78 is 0. The highest BCUT2D eigenvalue weighted by Crippen LogP contribution is 2.17. The summed E-state index contributed by atoms with van der Waals surface area (Å²) in [5.74, 6) is -0.282. The van der Waals surface area contributed by atoms with Gasteiger partial charge in [0.1, 0.15) is 6.10 Å². The van der Waals surface area contributed by atoms with Crippen molar-refractivity contribution in [3.8, 4) is 0 Å². The van der Waals surface area contributed by atoms with E-state index in [0.717, 1.165) is 4.88 Å². The number of carbonyl (C=O) groups is 1. The second-order valence-electron chi connectivity index (χ2n) is 3.31. The fourth-order valence-electron chi connectivity index (χ4n) is 1.21. The maximum atomic E-state index is 10.4. The number of rotatable bonds is 7. The molecule has 84 valence electrons. The second-order valence-corrected chi connectivity index (χ2v) is 4.28. The van der Waals surface area contributed by atoms with Crippen molar-refractivity contribution in [2.24, 2.45) is 5.73 Å². The van der Waals surface area contributed by atoms with Crippen molar-refractivity contribution < 1.29 is 9.90 Å². The van der Waals surface area contributed by atoms with Gasteiger partial charge in [0.25, 0.3) is 0 Å². The van der Waals surface area contributed by atoms with E-state index < -0.39 is 6.10 Å². The Labute approximate surface area is 93.1 Å². The summed E-state index contributed by atoms with van der Waals surface area (Å²) in [6.07, 6.45) is 0.646. The van der Waals surface area contributed by atoms with Gasteiger partial charge in [-0.1, -0.05) is 6.07 Å². The zero-order valence-corrected chi connectivity index (χ0v) is 9.30. The SMILES string of the molecule is NC(=O)CCCNCC(O)c1cccs1. The van der Waals surface area contributed by atoms with E-state index in [1.54, 1.807) is 0 Å². The summed E-state index contributed by atoms with van der Waals surface area (Å²) in [4.78, 5) is 11.4. The van der Waals surface area contributed by atoms with Gasteiger partial charge < -0.3 is 16.2 Å². The minimum absolute atomic E-state index is 0.282. The number of nitrogens with two attached hydrogens (primary N) is 1. The Hall–Kier alpha value is -0.910. The smallest absolute Gasteiger partial charge is 0.217 e. The van der Waals surface area contributed by atoms with Crippen LogP contribution in [0.25, 0.3) is 0 Å². The third kappa shape index (κ3) is 4.92. The summed E-state index contributed by atoms with van der Waals surface area (Å²) in [5, 5.41) is 14.7. The van der Waals surface area contributed by atoms with Crippen molar-refractivity contribution >= 4 is 17.2 Å². The third-order valence-corrected chi connectivity index (χ3v) is 2.96. The number of hydrogen-bond acceptors (Lipinski definition) is 4. The number of hydrogen-bond donors (Lipinski definition) is 3. The van der Waals surface area contributed by atoms with E-state index in [2.05, 4.69) is 5.32 Å². The van der Waals surface area contributed by atoms with E-state index in [-0.39, 0.29) is 5.91 Å². The van der Waals surface area contributed by atoms with Crippen LogP contribution in [-0.4, -0.2) is 24.1 Å². The molecular formula is C10H16N2O2S. The molecule has 1 unspecified atom stereocenters. The molecule has 0 fully saturated rings. The summed E-state index contributed by atoms with van der Waals surface area (Å²) in [6.45, 7) is 1.21. The lowest BCUT2D eigenvalue weighted by Gasteiger charge is -2.09. The molecule has 1 rings (SSSR count). The van der Waals surface area contributed by atoms with Crippen LogP contribution in [-0.2, 0) is 4.79 Å². The Kier molecular flexibility index (Phi) is 5.31. The van der Waals surface area contributed by atoms with Crippen LogP contribution in [0.1, 0.15) is 23.8 Å². The van der Waals surface area contributed by atoms with Crippen LogP contribution >= 0.6 is 11.3 Å². The number of thiophene rings is 1. The topological polar surface area (TPSA) is 75.4 Å². The molecule has 0 aliphatic carbocycles. The monoisotopic (exact) mass is 228 g/mol. The van der Waals surface area contributed by atoms with Crippen molar-refractivity contribution in [2.45, 2.75) is 18.9 Å². The highest BCUT2D eigenvalue weighted by atomic mass is 32.1. The van der Waals surface area contributed by atoms with Gasteiger partial charge in [-0.15, -0.1) is 11.3 Å². The fourth-order valence-corrected chi connectivity index (χ4v) is 1.92. The number of carbonyl (C=O) groups excluding carboxylic acids is 1. The Bertz CT molecular complexity index is 288. The van der Waals surface area contributed by atoms with Gasteiger partial charge in [0.15, 0.2) is 0 Å². The van der Waals surface area contributed by atoms with Gasteiger partial charge in [-0.3, -0.25) is 4.79 Å². The third-order valence-electron chi connectivity index (χ3n) is 1.99. The molecule has 4 N–H and O–H groups in total. The van der Waals surface area contributed by atoms with Gasteiger partial charge in [0, 0.05) is 17.8 Å². The summed E-state index contributed by atoms with van der Waals surface area (Å²) in [6, 6.07) is 3.82. The maximum absolute atomic E-state index is 10.4. The Morgan fingerprint density at radius 1 is 1.67 bits per heavy atom. The minimum Gasteiger partial charge on any atom is -0.386 e. The summed E-state index contributed by atoms with van der Waals surface area (Å²) in [5.41, 5.74) is 5.00. The molecule has 1 amide bonds. The molecule has 15 heavy (non-hydrogen) atoms. The number of amides is 1. The highest BCUT2D eigenvalue weighted by Gasteiger charge is 2.06. The van der Waals surface area contributed by atoms with E-state index in [1.807, 2.05) is 17.5 Å². The van der Waals surface area contributed by atoms with Crippen molar-refractivity contribution in [1.29, 1.82) is 0 Å². The molecule has 0 radical (unpaired) electrons. The average molecular weight is 228 g/mol. The van der Waals surface area contributed by atoms with Gasteiger partial charge >= 0.3 is 0 Å². The second kappa shape index (κ2) is 6.55. The standard InChI is InChI=1S/C10H16N2O2S/c11-10(14)4-1-5-12-7-8(13)9-3-2-6-15-9/h2-3,6,8,12-13H,1,4-5,7H2,(H2,11,14). The Balaban J connectivity index is 2.08. The first-order valence-corrected chi connectivity index (χ1v) is 5.78. The predicted octanol–water partition coefficient (Wildman–Crippen LogP) is 0.637. The van der Waals surface area contributed by atoms with Crippen molar-refractivity contribution in [3.05, 3.63) is 22.4 Å². The van der Waals surface area contributed by atoms with Gasteiger partial charge in [-0.2, -0.15) is 0 Å². The molecule has 0 aliphatic rings. The van der Waals surface area contributed by atoms with Crippen molar-refractivity contribution in [3.63, 3.8) is 0 Å². The van der Waals surface area contributed by atoms with Crippen molar-refractivity contribution in [2.75, 3.05) is 13.1 Å². The first-order chi connectivity index (χ1) is 7.20. The lowest BCUT2D eigenvalue weighted by atomic mass is 10.2. The molecule has 5 heteroatoms. The maximum Gasteiger partial charge on any atom is 0.217 e. The molecule has 1 aromatic rings. The van der Waals surface area contributed by atoms with Crippen LogP contribution in [0.2, 0.25) is 0 Å². The van der Waals surface area contributed by atoms with Gasteiger partial charge in [-0.25, -0.2) is 0 Å². The van der Waals surface area contributed by atoms with Crippen LogP contribution in [0.3, 0.4) is 0 Å². The molecule has 4 nitrogen and oxygen atoms in total. The molecular weight excluding hydrogens is 212 g/mol.